The van der Waals surface area contributed by atoms with Crippen molar-refractivity contribution >= 4 is 27.7 Å². The molecular weight excluding hydrogens is 407 g/mol. The molecule has 5 aromatic rings. The van der Waals surface area contributed by atoms with E-state index in [4.69, 9.17) is 5.73 Å². The van der Waals surface area contributed by atoms with Gasteiger partial charge in [0.1, 0.15) is 17.7 Å². The lowest BCUT2D eigenvalue weighted by Gasteiger charge is -2.15. The van der Waals surface area contributed by atoms with E-state index in [0.29, 0.717) is 5.69 Å². The molecule has 0 aliphatic rings. The normalized spacial score (nSPS) is 11.3. The minimum atomic E-state index is -0.525. The Kier molecular flexibility index (Phi) is 4.59. The van der Waals surface area contributed by atoms with E-state index in [0.717, 1.165) is 33.2 Å². The van der Waals surface area contributed by atoms with Gasteiger partial charge in [-0.15, -0.1) is 0 Å². The van der Waals surface area contributed by atoms with Crippen LogP contribution in [-0.4, -0.2) is 20.4 Å². The summed E-state index contributed by atoms with van der Waals surface area (Å²) in [5.41, 5.74) is 10.2. The van der Waals surface area contributed by atoms with Crippen LogP contribution in [0.5, 0.6) is 0 Å². The van der Waals surface area contributed by atoms with Crippen LogP contribution >= 0.6 is 0 Å². The van der Waals surface area contributed by atoms with Gasteiger partial charge < -0.3 is 10.7 Å². The van der Waals surface area contributed by atoms with Crippen LogP contribution in [0.25, 0.3) is 38.6 Å². The number of carbonyl (C=O) groups excluding carboxylic acids is 1. The smallest absolute Gasteiger partial charge is 0.265 e. The maximum atomic E-state index is 14.1. The molecule has 0 aliphatic carbocycles. The van der Waals surface area contributed by atoms with Crippen LogP contribution in [0.15, 0.2) is 71.9 Å². The highest BCUT2D eigenvalue weighted by Gasteiger charge is 2.16. The maximum absolute atomic E-state index is 14.1. The molecule has 0 saturated heterocycles. The van der Waals surface area contributed by atoms with Crippen LogP contribution in [0.2, 0.25) is 0 Å². The fourth-order valence-electron chi connectivity index (χ4n) is 4.25. The number of H-pyrrole nitrogens is 1. The van der Waals surface area contributed by atoms with Crippen LogP contribution in [0.1, 0.15) is 11.1 Å². The van der Waals surface area contributed by atoms with Gasteiger partial charge in [-0.1, -0.05) is 30.3 Å². The molecule has 0 fully saturated rings. The third kappa shape index (κ3) is 3.06. The van der Waals surface area contributed by atoms with Crippen molar-refractivity contribution in [2.24, 2.45) is 5.73 Å². The Labute approximate surface area is 182 Å². The fraction of sp³-hybridized carbons (Fsp3) is 0.0800. The number of hydrogen-bond acceptors (Lipinski definition) is 3. The maximum Gasteiger partial charge on any atom is 0.265 e. The first kappa shape index (κ1) is 19.7. The highest BCUT2D eigenvalue weighted by molar-refractivity contribution is 5.99. The van der Waals surface area contributed by atoms with E-state index in [1.165, 1.54) is 23.0 Å². The second-order valence-corrected chi connectivity index (χ2v) is 7.69. The third-order valence-electron chi connectivity index (χ3n) is 5.77. The molecule has 3 aromatic carbocycles. The molecule has 3 N–H and O–H groups in total. The zero-order valence-electron chi connectivity index (χ0n) is 17.2. The number of para-hydroxylation sites is 1. The predicted molar refractivity (Wildman–Crippen MR) is 122 cm³/mol. The van der Waals surface area contributed by atoms with Crippen molar-refractivity contribution in [1.29, 1.82) is 0 Å². The van der Waals surface area contributed by atoms with E-state index in [1.54, 1.807) is 6.07 Å². The van der Waals surface area contributed by atoms with Crippen molar-refractivity contribution in [2.75, 3.05) is 0 Å². The zero-order valence-corrected chi connectivity index (χ0v) is 17.2. The van der Waals surface area contributed by atoms with E-state index in [1.807, 2.05) is 49.5 Å². The molecule has 2 heterocycles. The summed E-state index contributed by atoms with van der Waals surface area (Å²) >= 11 is 0. The van der Waals surface area contributed by atoms with Gasteiger partial charge in [0.2, 0.25) is 5.91 Å². The van der Waals surface area contributed by atoms with E-state index in [9.17, 15) is 14.0 Å². The van der Waals surface area contributed by atoms with E-state index >= 15 is 0 Å². The Bertz CT molecular complexity index is 1580. The van der Waals surface area contributed by atoms with Crippen molar-refractivity contribution < 1.29 is 9.18 Å². The number of nitrogens with one attached hydrogen (secondary N) is 1. The van der Waals surface area contributed by atoms with Gasteiger partial charge in [0.05, 0.1) is 17.5 Å². The number of halogens is 1. The van der Waals surface area contributed by atoms with Crippen molar-refractivity contribution in [1.82, 2.24) is 14.5 Å². The number of nitrogens with two attached hydrogens (primary N) is 1. The molecule has 0 bridgehead atoms. The second kappa shape index (κ2) is 7.46. The Morgan fingerprint density at radius 2 is 1.88 bits per heavy atom. The Morgan fingerprint density at radius 1 is 1.06 bits per heavy atom. The molecule has 0 unspecified atom stereocenters. The Morgan fingerprint density at radius 3 is 2.69 bits per heavy atom. The molecular formula is C25H19FN4O2. The molecule has 5 rings (SSSR count). The largest absolute Gasteiger partial charge is 0.369 e. The van der Waals surface area contributed by atoms with Gasteiger partial charge in [0, 0.05) is 17.1 Å². The lowest BCUT2D eigenvalue weighted by atomic mass is 9.94. The number of primary amides is 1. The van der Waals surface area contributed by atoms with Crippen molar-refractivity contribution in [3.63, 3.8) is 0 Å². The van der Waals surface area contributed by atoms with Gasteiger partial charge in [-0.3, -0.25) is 14.2 Å². The van der Waals surface area contributed by atoms with Crippen LogP contribution in [0.3, 0.4) is 0 Å². The predicted octanol–water partition coefficient (Wildman–Crippen LogP) is 4.01. The standard InChI is InChI=1S/C25H19FN4O2/c1-14-16(17-9-8-15(12-22(27)31)23-18(17)10-11-28-23)4-3-7-21(14)30-13-29-24-19(25(30)32)5-2-6-20(24)26/h2-11,13,28H,12H2,1H3,(H2,27,31). The Balaban J connectivity index is 1.70. The average Bonchev–Trinajstić information content (AvgIpc) is 3.26. The molecule has 2 aromatic heterocycles. The summed E-state index contributed by atoms with van der Waals surface area (Å²) < 4.78 is 15.5. The molecule has 32 heavy (non-hydrogen) atoms. The summed E-state index contributed by atoms with van der Waals surface area (Å²) in [5.74, 6) is -0.922. The topological polar surface area (TPSA) is 93.8 Å². The molecule has 0 saturated carbocycles. The number of aromatic amines is 1. The first-order valence-electron chi connectivity index (χ1n) is 10.1. The minimum absolute atomic E-state index is 0.0571. The van der Waals surface area contributed by atoms with Gasteiger partial charge in [0.15, 0.2) is 0 Å². The van der Waals surface area contributed by atoms with Gasteiger partial charge >= 0.3 is 0 Å². The minimum Gasteiger partial charge on any atom is -0.369 e. The number of aromatic nitrogens is 3. The first-order chi connectivity index (χ1) is 15.5. The number of amides is 1. The SMILES string of the molecule is Cc1c(-c2ccc(CC(N)=O)c3[nH]ccc23)cccc1-n1cnc2c(F)cccc2c1=O. The summed E-state index contributed by atoms with van der Waals surface area (Å²) in [4.78, 5) is 31.9. The molecule has 0 radical (unpaired) electrons. The number of hydrogen-bond donors (Lipinski definition) is 2. The highest BCUT2D eigenvalue weighted by atomic mass is 19.1. The number of benzene rings is 3. The van der Waals surface area contributed by atoms with Crippen LogP contribution in [-0.2, 0) is 11.2 Å². The van der Waals surface area contributed by atoms with Crippen molar-refractivity contribution in [2.45, 2.75) is 13.3 Å². The number of fused-ring (bicyclic) bond motifs is 2. The summed E-state index contributed by atoms with van der Waals surface area (Å²) in [5, 5.41) is 1.18. The van der Waals surface area contributed by atoms with Gasteiger partial charge in [-0.2, -0.15) is 0 Å². The number of rotatable bonds is 4. The van der Waals surface area contributed by atoms with Gasteiger partial charge in [-0.25, -0.2) is 9.37 Å². The van der Waals surface area contributed by atoms with Gasteiger partial charge in [0.25, 0.3) is 5.56 Å². The summed E-state index contributed by atoms with van der Waals surface area (Å²) in [6, 6.07) is 15.8. The monoisotopic (exact) mass is 426 g/mol. The van der Waals surface area contributed by atoms with Crippen LogP contribution in [0.4, 0.5) is 4.39 Å². The number of carbonyl (C=O) groups is 1. The molecule has 6 nitrogen and oxygen atoms in total. The lowest BCUT2D eigenvalue weighted by Crippen LogP contribution is -2.20. The molecule has 7 heteroatoms. The summed E-state index contributed by atoms with van der Waals surface area (Å²) in [6.45, 7) is 1.93. The third-order valence-corrected chi connectivity index (χ3v) is 5.77. The molecule has 158 valence electrons. The zero-order chi connectivity index (χ0) is 22.4. The summed E-state index contributed by atoms with van der Waals surface area (Å²) in [7, 11) is 0. The van der Waals surface area contributed by atoms with Crippen molar-refractivity contribution in [3.8, 4) is 16.8 Å². The Hall–Kier alpha value is -4.26. The van der Waals surface area contributed by atoms with Gasteiger partial charge in [-0.05, 0) is 53.4 Å². The first-order valence-corrected chi connectivity index (χ1v) is 10.1. The van der Waals surface area contributed by atoms with E-state index in [2.05, 4.69) is 9.97 Å². The van der Waals surface area contributed by atoms with Crippen LogP contribution < -0.4 is 11.3 Å². The van der Waals surface area contributed by atoms with E-state index in [-0.39, 0.29) is 22.9 Å². The molecule has 0 atom stereocenters. The fourth-order valence-corrected chi connectivity index (χ4v) is 4.25. The lowest BCUT2D eigenvalue weighted by molar-refractivity contribution is -0.117. The highest BCUT2D eigenvalue weighted by Crippen LogP contribution is 2.34. The molecule has 0 spiro atoms. The van der Waals surface area contributed by atoms with E-state index < -0.39 is 11.7 Å². The number of nitrogens with zero attached hydrogens (tertiary/aromatic N) is 2. The second-order valence-electron chi connectivity index (χ2n) is 7.69. The summed E-state index contributed by atoms with van der Waals surface area (Å²) in [6.07, 6.45) is 3.33. The average molecular weight is 426 g/mol. The molecule has 1 amide bonds. The van der Waals surface area contributed by atoms with Crippen LogP contribution in [0, 0.1) is 12.7 Å². The van der Waals surface area contributed by atoms with Crippen molar-refractivity contribution in [3.05, 3.63) is 94.4 Å². The quantitative estimate of drug-likeness (QED) is 0.455. The molecule has 0 aliphatic heterocycles.